The average molecular weight is 455 g/mol. The van der Waals surface area contributed by atoms with Crippen LogP contribution in [0, 0.1) is 0 Å². The quantitative estimate of drug-likeness (QED) is 0.380. The van der Waals surface area contributed by atoms with Crippen LogP contribution >= 0.6 is 23.1 Å². The molecule has 1 aliphatic carbocycles. The molecule has 1 aromatic carbocycles. The molecular weight excluding hydrogens is 428 g/mol. The SMILES string of the molecule is CCn1c(=O)c2c3c(sc2n2c(SCc4ccc(OC(C)C)cc4)nnc12)CCCC3. The smallest absolute Gasteiger partial charge is 0.263 e. The van der Waals surface area contributed by atoms with E-state index in [1.807, 2.05) is 32.9 Å². The van der Waals surface area contributed by atoms with E-state index in [2.05, 4.69) is 26.7 Å². The molecule has 5 rings (SSSR count). The van der Waals surface area contributed by atoms with Crippen LogP contribution in [-0.4, -0.2) is 25.3 Å². The monoisotopic (exact) mass is 454 g/mol. The molecule has 162 valence electrons. The van der Waals surface area contributed by atoms with Gasteiger partial charge in [-0.2, -0.15) is 0 Å². The van der Waals surface area contributed by atoms with Crippen molar-refractivity contribution in [2.45, 2.75) is 70.0 Å². The summed E-state index contributed by atoms with van der Waals surface area (Å²) in [5.41, 5.74) is 2.53. The first-order chi connectivity index (χ1) is 15.1. The van der Waals surface area contributed by atoms with Crippen molar-refractivity contribution in [3.05, 3.63) is 50.6 Å². The topological polar surface area (TPSA) is 61.4 Å². The number of ether oxygens (including phenoxy) is 1. The lowest BCUT2D eigenvalue weighted by atomic mass is 9.97. The molecule has 0 bridgehead atoms. The van der Waals surface area contributed by atoms with Crippen LogP contribution in [0.25, 0.3) is 16.0 Å². The zero-order valence-electron chi connectivity index (χ0n) is 18.1. The number of fused-ring (bicyclic) bond motifs is 5. The molecule has 6 nitrogen and oxygen atoms in total. The maximum Gasteiger partial charge on any atom is 0.263 e. The fourth-order valence-corrected chi connectivity index (χ4v) is 6.56. The molecular formula is C23H26N4O2S2. The van der Waals surface area contributed by atoms with E-state index < -0.39 is 0 Å². The molecule has 3 aromatic heterocycles. The minimum absolute atomic E-state index is 0.0779. The van der Waals surface area contributed by atoms with Crippen LogP contribution in [-0.2, 0) is 25.1 Å². The Bertz CT molecular complexity index is 1300. The van der Waals surface area contributed by atoms with Crippen LogP contribution in [0.1, 0.15) is 49.6 Å². The number of hydrogen-bond acceptors (Lipinski definition) is 6. The van der Waals surface area contributed by atoms with Crippen molar-refractivity contribution in [2.24, 2.45) is 0 Å². The molecule has 0 amide bonds. The number of aryl methyl sites for hydroxylation is 3. The standard InChI is InChI=1S/C23H26N4O2S2/c1-4-26-20(28)19-17-7-5-6-8-18(17)31-21(19)27-22(26)24-25-23(27)30-13-15-9-11-16(12-10-15)29-14(2)3/h9-12,14H,4-8,13H2,1-3H3. The summed E-state index contributed by atoms with van der Waals surface area (Å²) < 4.78 is 9.60. The van der Waals surface area contributed by atoms with Crippen molar-refractivity contribution < 1.29 is 4.74 Å². The van der Waals surface area contributed by atoms with Gasteiger partial charge in [-0.3, -0.25) is 9.36 Å². The number of thiophene rings is 1. The predicted octanol–water partition coefficient (Wildman–Crippen LogP) is 5.08. The Morgan fingerprint density at radius 3 is 2.68 bits per heavy atom. The molecule has 0 radical (unpaired) electrons. The van der Waals surface area contributed by atoms with Crippen molar-refractivity contribution in [3.8, 4) is 5.75 Å². The van der Waals surface area contributed by atoms with Gasteiger partial charge in [-0.1, -0.05) is 23.9 Å². The molecule has 0 saturated carbocycles. The first-order valence-corrected chi connectivity index (χ1v) is 12.7. The minimum Gasteiger partial charge on any atom is -0.491 e. The van der Waals surface area contributed by atoms with Gasteiger partial charge in [0.15, 0.2) is 5.16 Å². The lowest BCUT2D eigenvalue weighted by molar-refractivity contribution is 0.242. The number of benzene rings is 1. The van der Waals surface area contributed by atoms with Gasteiger partial charge in [-0.15, -0.1) is 21.5 Å². The Labute approximate surface area is 189 Å². The van der Waals surface area contributed by atoms with E-state index in [0.29, 0.717) is 12.3 Å². The molecule has 3 heterocycles. The Hall–Kier alpha value is -2.32. The summed E-state index contributed by atoms with van der Waals surface area (Å²) in [6.07, 6.45) is 4.58. The summed E-state index contributed by atoms with van der Waals surface area (Å²) in [6.45, 7) is 6.63. The van der Waals surface area contributed by atoms with E-state index >= 15 is 0 Å². The van der Waals surface area contributed by atoms with Gasteiger partial charge in [-0.25, -0.2) is 4.40 Å². The number of rotatable bonds is 6. The van der Waals surface area contributed by atoms with Crippen LogP contribution < -0.4 is 10.3 Å². The first-order valence-electron chi connectivity index (χ1n) is 10.9. The highest BCUT2D eigenvalue weighted by Gasteiger charge is 2.24. The van der Waals surface area contributed by atoms with Gasteiger partial charge >= 0.3 is 0 Å². The van der Waals surface area contributed by atoms with Crippen molar-refractivity contribution >= 4 is 39.1 Å². The average Bonchev–Trinajstić information content (AvgIpc) is 3.35. The lowest BCUT2D eigenvalue weighted by Gasteiger charge is -2.11. The predicted molar refractivity (Wildman–Crippen MR) is 127 cm³/mol. The van der Waals surface area contributed by atoms with Gasteiger partial charge < -0.3 is 4.74 Å². The molecule has 31 heavy (non-hydrogen) atoms. The molecule has 0 aliphatic heterocycles. The Kier molecular flexibility index (Phi) is 5.52. The van der Waals surface area contributed by atoms with E-state index in [9.17, 15) is 4.79 Å². The second kappa shape index (κ2) is 8.31. The molecule has 0 spiro atoms. The van der Waals surface area contributed by atoms with Gasteiger partial charge in [0.25, 0.3) is 5.56 Å². The largest absolute Gasteiger partial charge is 0.491 e. The lowest BCUT2D eigenvalue weighted by Crippen LogP contribution is -2.22. The van der Waals surface area contributed by atoms with Crippen LogP contribution in [0.3, 0.4) is 0 Å². The summed E-state index contributed by atoms with van der Waals surface area (Å²) in [6, 6.07) is 8.21. The molecule has 0 fully saturated rings. The number of aromatic nitrogens is 4. The molecule has 0 unspecified atom stereocenters. The number of nitrogens with zero attached hydrogens (tertiary/aromatic N) is 4. The third-order valence-electron chi connectivity index (χ3n) is 5.65. The van der Waals surface area contributed by atoms with Crippen molar-refractivity contribution in [3.63, 3.8) is 0 Å². The van der Waals surface area contributed by atoms with E-state index in [4.69, 9.17) is 4.74 Å². The molecule has 8 heteroatoms. The van der Waals surface area contributed by atoms with Crippen molar-refractivity contribution in [2.75, 3.05) is 0 Å². The van der Waals surface area contributed by atoms with Crippen molar-refractivity contribution in [1.29, 1.82) is 0 Å². The van der Waals surface area contributed by atoms with Gasteiger partial charge in [0, 0.05) is 17.2 Å². The fourth-order valence-electron chi connectivity index (χ4n) is 4.23. The van der Waals surface area contributed by atoms with E-state index in [1.165, 1.54) is 22.4 Å². The summed E-state index contributed by atoms with van der Waals surface area (Å²) >= 11 is 3.41. The summed E-state index contributed by atoms with van der Waals surface area (Å²) in [7, 11) is 0. The zero-order valence-corrected chi connectivity index (χ0v) is 19.7. The third kappa shape index (κ3) is 3.65. The molecule has 1 aliphatic rings. The fraction of sp³-hybridized carbons (Fsp3) is 0.435. The maximum absolute atomic E-state index is 13.3. The summed E-state index contributed by atoms with van der Waals surface area (Å²) in [4.78, 5) is 15.6. The van der Waals surface area contributed by atoms with E-state index in [0.717, 1.165) is 46.1 Å². The Morgan fingerprint density at radius 1 is 1.16 bits per heavy atom. The summed E-state index contributed by atoms with van der Waals surface area (Å²) in [5, 5.41) is 10.6. The number of thioether (sulfide) groups is 1. The van der Waals surface area contributed by atoms with Gasteiger partial charge in [0.2, 0.25) is 5.78 Å². The summed E-state index contributed by atoms with van der Waals surface area (Å²) in [5.74, 6) is 2.30. The molecule has 0 saturated heterocycles. The third-order valence-corrected chi connectivity index (χ3v) is 7.93. The second-order valence-corrected chi connectivity index (χ2v) is 10.2. The van der Waals surface area contributed by atoms with E-state index in [1.54, 1.807) is 27.7 Å². The highest BCUT2D eigenvalue weighted by Crippen LogP contribution is 2.36. The van der Waals surface area contributed by atoms with Crippen LogP contribution in [0.15, 0.2) is 34.2 Å². The van der Waals surface area contributed by atoms with Crippen LogP contribution in [0.5, 0.6) is 5.75 Å². The van der Waals surface area contributed by atoms with Gasteiger partial charge in [-0.05, 0) is 69.7 Å². The van der Waals surface area contributed by atoms with Gasteiger partial charge in [0.1, 0.15) is 10.6 Å². The normalized spacial score (nSPS) is 13.9. The highest BCUT2D eigenvalue weighted by atomic mass is 32.2. The molecule has 4 aromatic rings. The number of hydrogen-bond donors (Lipinski definition) is 0. The Balaban J connectivity index is 1.54. The van der Waals surface area contributed by atoms with E-state index in [-0.39, 0.29) is 11.7 Å². The first kappa shape index (κ1) is 20.6. The van der Waals surface area contributed by atoms with Gasteiger partial charge in [0.05, 0.1) is 11.5 Å². The minimum atomic E-state index is 0.0779. The molecule has 0 N–H and O–H groups in total. The van der Waals surface area contributed by atoms with Crippen LogP contribution in [0.4, 0.5) is 0 Å². The molecule has 0 atom stereocenters. The van der Waals surface area contributed by atoms with Crippen molar-refractivity contribution in [1.82, 2.24) is 19.2 Å². The van der Waals surface area contributed by atoms with Crippen LogP contribution in [0.2, 0.25) is 0 Å². The highest BCUT2D eigenvalue weighted by molar-refractivity contribution is 7.98. The maximum atomic E-state index is 13.3. The Morgan fingerprint density at radius 2 is 1.94 bits per heavy atom. The zero-order chi connectivity index (χ0) is 21.5. The second-order valence-electron chi connectivity index (χ2n) is 8.16.